The smallest absolute Gasteiger partial charge is 0.211 e. The Hall–Kier alpha value is -1.84. The van der Waals surface area contributed by atoms with Crippen LogP contribution in [0.3, 0.4) is 0 Å². The zero-order valence-corrected chi connectivity index (χ0v) is 9.44. The molecule has 16 heavy (non-hydrogen) atoms. The van der Waals surface area contributed by atoms with Crippen molar-refractivity contribution in [1.82, 2.24) is 0 Å². The van der Waals surface area contributed by atoms with Gasteiger partial charge in [-0.05, 0) is 37.6 Å². The lowest BCUT2D eigenvalue weighted by Crippen LogP contribution is -2.27. The van der Waals surface area contributed by atoms with Crippen LogP contribution >= 0.6 is 0 Å². The second kappa shape index (κ2) is 3.33. The standard InChI is InChI=1S/C12H13NO3/c1-12(2)9-6-7(16-3)4-5-8(9)10(14)11(12)13-15/h4-6,15H,1-3H3/b13-11+. The molecule has 0 aromatic heterocycles. The molecule has 4 heteroatoms. The molecule has 0 radical (unpaired) electrons. The van der Waals surface area contributed by atoms with Gasteiger partial charge in [0.05, 0.1) is 7.11 Å². The number of hydrogen-bond donors (Lipinski definition) is 1. The van der Waals surface area contributed by atoms with Gasteiger partial charge in [-0.1, -0.05) is 5.16 Å². The van der Waals surface area contributed by atoms with E-state index >= 15 is 0 Å². The highest BCUT2D eigenvalue weighted by Crippen LogP contribution is 2.38. The molecule has 0 fully saturated rings. The molecule has 2 rings (SSSR count). The maximum Gasteiger partial charge on any atom is 0.211 e. The van der Waals surface area contributed by atoms with Gasteiger partial charge in [0.2, 0.25) is 5.78 Å². The van der Waals surface area contributed by atoms with Gasteiger partial charge in [-0.3, -0.25) is 4.79 Å². The van der Waals surface area contributed by atoms with Crippen LogP contribution in [-0.2, 0) is 5.41 Å². The fraction of sp³-hybridized carbons (Fsp3) is 0.333. The van der Waals surface area contributed by atoms with E-state index in [-0.39, 0.29) is 11.5 Å². The maximum absolute atomic E-state index is 11.9. The molecule has 0 atom stereocenters. The highest BCUT2D eigenvalue weighted by molar-refractivity contribution is 6.52. The Labute approximate surface area is 93.5 Å². The van der Waals surface area contributed by atoms with E-state index in [9.17, 15) is 4.79 Å². The molecule has 4 nitrogen and oxygen atoms in total. The summed E-state index contributed by atoms with van der Waals surface area (Å²) in [4.78, 5) is 11.9. The Kier molecular flexibility index (Phi) is 2.22. The lowest BCUT2D eigenvalue weighted by molar-refractivity contribution is 0.106. The van der Waals surface area contributed by atoms with Crippen molar-refractivity contribution in [3.05, 3.63) is 29.3 Å². The van der Waals surface area contributed by atoms with Crippen molar-refractivity contribution in [1.29, 1.82) is 0 Å². The van der Waals surface area contributed by atoms with Gasteiger partial charge in [0.25, 0.3) is 0 Å². The van der Waals surface area contributed by atoms with Gasteiger partial charge in [-0.15, -0.1) is 0 Å². The van der Waals surface area contributed by atoms with E-state index < -0.39 is 5.41 Å². The SMILES string of the molecule is COc1ccc2c(c1)C(C)(C)/C(=N/O)C2=O. The van der Waals surface area contributed by atoms with Gasteiger partial charge in [-0.25, -0.2) is 0 Å². The van der Waals surface area contributed by atoms with Gasteiger partial charge in [0, 0.05) is 11.0 Å². The van der Waals surface area contributed by atoms with Gasteiger partial charge in [-0.2, -0.15) is 0 Å². The van der Waals surface area contributed by atoms with Crippen LogP contribution in [0.15, 0.2) is 23.4 Å². The number of hydrogen-bond acceptors (Lipinski definition) is 4. The molecule has 0 unspecified atom stereocenters. The van der Waals surface area contributed by atoms with Crippen LogP contribution in [0, 0.1) is 0 Å². The van der Waals surface area contributed by atoms with Crippen LogP contribution < -0.4 is 4.74 Å². The number of carbonyl (C=O) groups excluding carboxylic acids is 1. The van der Waals surface area contributed by atoms with E-state index in [1.165, 1.54) is 0 Å². The first-order valence-corrected chi connectivity index (χ1v) is 4.98. The van der Waals surface area contributed by atoms with Crippen molar-refractivity contribution in [2.45, 2.75) is 19.3 Å². The number of ketones is 1. The lowest BCUT2D eigenvalue weighted by atomic mass is 9.85. The summed E-state index contributed by atoms with van der Waals surface area (Å²) < 4.78 is 5.12. The molecule has 0 saturated carbocycles. The Morgan fingerprint density at radius 1 is 1.38 bits per heavy atom. The first-order valence-electron chi connectivity index (χ1n) is 4.98. The third kappa shape index (κ3) is 1.23. The average molecular weight is 219 g/mol. The molecule has 1 N–H and O–H groups in total. The summed E-state index contributed by atoms with van der Waals surface area (Å²) >= 11 is 0. The van der Waals surface area contributed by atoms with Crippen molar-refractivity contribution >= 4 is 11.5 Å². The fourth-order valence-electron chi connectivity index (χ4n) is 2.07. The van der Waals surface area contributed by atoms with Crippen LogP contribution in [0.25, 0.3) is 0 Å². The topological polar surface area (TPSA) is 58.9 Å². The monoisotopic (exact) mass is 219 g/mol. The summed E-state index contributed by atoms with van der Waals surface area (Å²) in [6.07, 6.45) is 0. The number of fused-ring (bicyclic) bond motifs is 1. The van der Waals surface area contributed by atoms with Crippen LogP contribution in [-0.4, -0.2) is 23.8 Å². The number of Topliss-reactive ketones (excluding diaryl/α,β-unsaturated/α-hetero) is 1. The Morgan fingerprint density at radius 3 is 2.62 bits per heavy atom. The van der Waals surface area contributed by atoms with E-state index in [0.29, 0.717) is 11.3 Å². The molecule has 0 spiro atoms. The predicted octanol–water partition coefficient (Wildman–Crippen LogP) is 2.00. The molecular weight excluding hydrogens is 206 g/mol. The van der Waals surface area contributed by atoms with E-state index in [2.05, 4.69) is 5.16 Å². The summed E-state index contributed by atoms with van der Waals surface area (Å²) in [6, 6.07) is 5.25. The summed E-state index contributed by atoms with van der Waals surface area (Å²) in [5.41, 5.74) is 1.02. The van der Waals surface area contributed by atoms with Gasteiger partial charge < -0.3 is 9.94 Å². The van der Waals surface area contributed by atoms with E-state index in [4.69, 9.17) is 9.94 Å². The molecule has 0 bridgehead atoms. The number of carbonyl (C=O) groups is 1. The molecule has 84 valence electrons. The minimum atomic E-state index is -0.574. The zero-order valence-electron chi connectivity index (χ0n) is 9.44. The minimum absolute atomic E-state index is 0.177. The average Bonchev–Trinajstić information content (AvgIpc) is 2.46. The van der Waals surface area contributed by atoms with Crippen molar-refractivity contribution in [3.8, 4) is 5.75 Å². The minimum Gasteiger partial charge on any atom is -0.497 e. The van der Waals surface area contributed by atoms with Gasteiger partial charge >= 0.3 is 0 Å². The summed E-state index contributed by atoms with van der Waals surface area (Å²) in [5, 5.41) is 12.0. The van der Waals surface area contributed by atoms with Crippen LogP contribution in [0.2, 0.25) is 0 Å². The Balaban J connectivity index is 2.68. The Bertz CT molecular complexity index is 489. The molecule has 1 aliphatic rings. The number of benzene rings is 1. The van der Waals surface area contributed by atoms with Crippen molar-refractivity contribution in [2.75, 3.05) is 7.11 Å². The Morgan fingerprint density at radius 2 is 2.06 bits per heavy atom. The molecule has 1 aromatic rings. The molecule has 0 saturated heterocycles. The molecule has 1 aliphatic carbocycles. The number of methoxy groups -OCH3 is 1. The normalized spacial score (nSPS) is 19.9. The largest absolute Gasteiger partial charge is 0.497 e. The third-order valence-corrected chi connectivity index (χ3v) is 3.05. The van der Waals surface area contributed by atoms with Crippen molar-refractivity contribution in [3.63, 3.8) is 0 Å². The first kappa shape index (κ1) is 10.7. The summed E-state index contributed by atoms with van der Waals surface area (Å²) in [7, 11) is 1.58. The van der Waals surface area contributed by atoms with Crippen molar-refractivity contribution < 1.29 is 14.7 Å². The van der Waals surface area contributed by atoms with E-state index in [0.717, 1.165) is 5.56 Å². The number of rotatable bonds is 1. The zero-order chi connectivity index (χ0) is 11.9. The third-order valence-electron chi connectivity index (χ3n) is 3.05. The fourth-order valence-corrected chi connectivity index (χ4v) is 2.07. The van der Waals surface area contributed by atoms with E-state index in [1.807, 2.05) is 19.9 Å². The molecule has 0 heterocycles. The van der Waals surface area contributed by atoms with Crippen LogP contribution in [0.4, 0.5) is 0 Å². The van der Waals surface area contributed by atoms with Crippen LogP contribution in [0.1, 0.15) is 29.8 Å². The van der Waals surface area contributed by atoms with Gasteiger partial charge in [0.1, 0.15) is 11.5 Å². The second-order valence-electron chi connectivity index (χ2n) is 4.31. The lowest BCUT2D eigenvalue weighted by Gasteiger charge is -2.18. The molecule has 0 amide bonds. The number of nitrogens with zero attached hydrogens (tertiary/aromatic N) is 1. The second-order valence-corrected chi connectivity index (χ2v) is 4.31. The quantitative estimate of drug-likeness (QED) is 0.580. The predicted molar refractivity (Wildman–Crippen MR) is 59.6 cm³/mol. The summed E-state index contributed by atoms with van der Waals surface area (Å²) in [5.74, 6) is 0.476. The molecule has 1 aromatic carbocycles. The van der Waals surface area contributed by atoms with Crippen molar-refractivity contribution in [2.24, 2.45) is 5.16 Å². The van der Waals surface area contributed by atoms with Gasteiger partial charge in [0.15, 0.2) is 0 Å². The highest BCUT2D eigenvalue weighted by Gasteiger charge is 2.43. The summed E-state index contributed by atoms with van der Waals surface area (Å²) in [6.45, 7) is 3.70. The highest BCUT2D eigenvalue weighted by atomic mass is 16.5. The number of ether oxygens (including phenoxy) is 1. The first-order chi connectivity index (χ1) is 7.52. The maximum atomic E-state index is 11.9. The molecule has 0 aliphatic heterocycles. The number of oxime groups is 1. The van der Waals surface area contributed by atoms with Crippen LogP contribution in [0.5, 0.6) is 5.75 Å². The molecular formula is C12H13NO3. The van der Waals surface area contributed by atoms with E-state index in [1.54, 1.807) is 19.2 Å².